The number of carbonyl (C=O) groups excluding carboxylic acids is 2. The van der Waals surface area contributed by atoms with Crippen LogP contribution in [0.5, 0.6) is 5.75 Å². The van der Waals surface area contributed by atoms with E-state index in [1.165, 1.54) is 30.3 Å². The molecule has 0 aliphatic carbocycles. The first kappa shape index (κ1) is 23.2. The van der Waals surface area contributed by atoms with Crippen molar-refractivity contribution in [3.63, 3.8) is 0 Å². The summed E-state index contributed by atoms with van der Waals surface area (Å²) >= 11 is 12.0. The molecule has 0 radical (unpaired) electrons. The van der Waals surface area contributed by atoms with Crippen molar-refractivity contribution < 1.29 is 22.7 Å². The van der Waals surface area contributed by atoms with Gasteiger partial charge in [-0.15, -0.1) is 0 Å². The fraction of sp³-hybridized carbons (Fsp3) is 0.300. The van der Waals surface area contributed by atoms with Crippen LogP contribution < -0.4 is 15.2 Å². The number of hydrogen-bond acceptors (Lipinski definition) is 5. The summed E-state index contributed by atoms with van der Waals surface area (Å²) in [5, 5.41) is 0.540. The number of rotatable bonds is 7. The Hall–Kier alpha value is -2.49. The summed E-state index contributed by atoms with van der Waals surface area (Å²) in [5.41, 5.74) is 5.65. The minimum atomic E-state index is -3.87. The largest absolute Gasteiger partial charge is 0.482 e. The zero-order valence-corrected chi connectivity index (χ0v) is 18.7. The monoisotopic (exact) mass is 485 g/mol. The summed E-state index contributed by atoms with van der Waals surface area (Å²) < 4.78 is 33.0. The molecule has 1 aliphatic rings. The normalized spacial score (nSPS) is 14.8. The van der Waals surface area contributed by atoms with E-state index < -0.39 is 10.0 Å². The van der Waals surface area contributed by atoms with Gasteiger partial charge in [0.25, 0.3) is 15.9 Å². The molecule has 1 fully saturated rings. The standard InChI is InChI=1S/C20H21Cl2N3O5S/c21-14-1-3-15(4-2-14)24-31(28,29)16-5-6-18(17(22)11-16)30-12-19(26)25-9-7-13(8-10-25)20(23)27/h1-6,11,13,24H,7-10,12H2,(H2,23,27). The topological polar surface area (TPSA) is 119 Å². The van der Waals surface area contributed by atoms with Gasteiger partial charge in [0, 0.05) is 29.7 Å². The highest BCUT2D eigenvalue weighted by molar-refractivity contribution is 7.92. The second kappa shape index (κ2) is 9.76. The highest BCUT2D eigenvalue weighted by Crippen LogP contribution is 2.29. The number of benzene rings is 2. The van der Waals surface area contributed by atoms with Gasteiger partial charge >= 0.3 is 0 Å². The first-order valence-electron chi connectivity index (χ1n) is 9.43. The Morgan fingerprint density at radius 2 is 1.74 bits per heavy atom. The molecule has 0 spiro atoms. The number of sulfonamides is 1. The number of hydrogen-bond donors (Lipinski definition) is 2. The van der Waals surface area contributed by atoms with Crippen LogP contribution in [0.3, 0.4) is 0 Å². The van der Waals surface area contributed by atoms with Crippen LogP contribution in [0.15, 0.2) is 47.4 Å². The van der Waals surface area contributed by atoms with Crippen molar-refractivity contribution in [1.29, 1.82) is 0 Å². The molecule has 3 rings (SSSR count). The summed E-state index contributed by atoms with van der Waals surface area (Å²) in [5.74, 6) is -0.626. The smallest absolute Gasteiger partial charge is 0.261 e. The quantitative estimate of drug-likeness (QED) is 0.624. The molecule has 31 heavy (non-hydrogen) atoms. The number of nitrogens with zero attached hydrogens (tertiary/aromatic N) is 1. The second-order valence-corrected chi connectivity index (χ2v) is 9.58. The average Bonchev–Trinajstić information content (AvgIpc) is 2.74. The van der Waals surface area contributed by atoms with E-state index in [1.54, 1.807) is 17.0 Å². The Labute approximate surface area is 190 Å². The van der Waals surface area contributed by atoms with Crippen molar-refractivity contribution in [2.45, 2.75) is 17.7 Å². The molecule has 11 heteroatoms. The molecule has 1 heterocycles. The van der Waals surface area contributed by atoms with Gasteiger partial charge in [0.05, 0.1) is 9.92 Å². The predicted octanol–water partition coefficient (Wildman–Crippen LogP) is 2.90. The first-order chi connectivity index (χ1) is 14.7. The van der Waals surface area contributed by atoms with Crippen LogP contribution in [0.4, 0.5) is 5.69 Å². The second-order valence-electron chi connectivity index (χ2n) is 7.05. The third kappa shape index (κ3) is 6.03. The van der Waals surface area contributed by atoms with Crippen LogP contribution in [-0.4, -0.2) is 44.8 Å². The summed E-state index contributed by atoms with van der Waals surface area (Å²) in [6.45, 7) is 0.601. The molecular formula is C20H21Cl2N3O5S. The number of carbonyl (C=O) groups is 2. The number of likely N-dealkylation sites (tertiary alicyclic amines) is 1. The maximum atomic E-state index is 12.6. The molecule has 1 aliphatic heterocycles. The van der Waals surface area contributed by atoms with E-state index in [0.29, 0.717) is 36.6 Å². The molecule has 0 atom stereocenters. The molecule has 3 N–H and O–H groups in total. The molecule has 2 amide bonds. The Morgan fingerprint density at radius 3 is 2.32 bits per heavy atom. The lowest BCUT2D eigenvalue weighted by Gasteiger charge is -2.30. The Balaban J connectivity index is 1.59. The molecule has 0 saturated carbocycles. The SMILES string of the molecule is NC(=O)C1CCN(C(=O)COc2ccc(S(=O)(=O)Nc3ccc(Cl)cc3)cc2Cl)CC1. The van der Waals surface area contributed by atoms with Gasteiger partial charge in [0.2, 0.25) is 5.91 Å². The number of nitrogens with one attached hydrogen (secondary N) is 1. The summed E-state index contributed by atoms with van der Waals surface area (Å²) in [4.78, 5) is 25.1. The van der Waals surface area contributed by atoms with E-state index >= 15 is 0 Å². The molecule has 2 aromatic rings. The zero-order valence-electron chi connectivity index (χ0n) is 16.4. The van der Waals surface area contributed by atoms with Gasteiger partial charge in [-0.2, -0.15) is 0 Å². The molecule has 0 bridgehead atoms. The Kier molecular flexibility index (Phi) is 7.30. The van der Waals surface area contributed by atoms with Gasteiger partial charge in [-0.25, -0.2) is 8.42 Å². The third-order valence-electron chi connectivity index (χ3n) is 4.91. The lowest BCUT2D eigenvalue weighted by molar-refractivity contribution is -0.136. The fourth-order valence-electron chi connectivity index (χ4n) is 3.14. The number of halogens is 2. The van der Waals surface area contributed by atoms with Gasteiger partial charge in [-0.3, -0.25) is 14.3 Å². The van der Waals surface area contributed by atoms with Crippen LogP contribution in [-0.2, 0) is 19.6 Å². The van der Waals surface area contributed by atoms with Gasteiger partial charge < -0.3 is 15.4 Å². The van der Waals surface area contributed by atoms with E-state index in [9.17, 15) is 18.0 Å². The molecule has 2 aromatic carbocycles. The van der Waals surface area contributed by atoms with E-state index in [0.717, 1.165) is 0 Å². The summed E-state index contributed by atoms with van der Waals surface area (Å²) in [6.07, 6.45) is 1.05. The van der Waals surface area contributed by atoms with Crippen molar-refractivity contribution in [3.8, 4) is 5.75 Å². The molecule has 8 nitrogen and oxygen atoms in total. The van der Waals surface area contributed by atoms with Crippen molar-refractivity contribution in [2.24, 2.45) is 11.7 Å². The molecule has 0 unspecified atom stereocenters. The highest BCUT2D eigenvalue weighted by atomic mass is 35.5. The predicted molar refractivity (Wildman–Crippen MR) is 118 cm³/mol. The third-order valence-corrected chi connectivity index (χ3v) is 6.84. The van der Waals surface area contributed by atoms with Crippen LogP contribution in [0, 0.1) is 5.92 Å². The van der Waals surface area contributed by atoms with E-state index in [4.69, 9.17) is 33.7 Å². The fourth-order valence-corrected chi connectivity index (χ4v) is 4.65. The van der Waals surface area contributed by atoms with E-state index in [2.05, 4.69) is 4.72 Å². The van der Waals surface area contributed by atoms with Crippen molar-refractivity contribution in [3.05, 3.63) is 52.5 Å². The minimum Gasteiger partial charge on any atom is -0.482 e. The van der Waals surface area contributed by atoms with Crippen molar-refractivity contribution >= 4 is 50.7 Å². The Morgan fingerprint density at radius 1 is 1.10 bits per heavy atom. The van der Waals surface area contributed by atoms with Crippen LogP contribution >= 0.6 is 23.2 Å². The minimum absolute atomic E-state index is 0.0548. The zero-order chi connectivity index (χ0) is 22.6. The molecule has 0 aromatic heterocycles. The number of anilines is 1. The lowest BCUT2D eigenvalue weighted by Crippen LogP contribution is -2.43. The summed E-state index contributed by atoms with van der Waals surface area (Å²) in [7, 11) is -3.87. The number of ether oxygens (including phenoxy) is 1. The van der Waals surface area contributed by atoms with Gasteiger partial charge in [-0.05, 0) is 55.3 Å². The maximum absolute atomic E-state index is 12.6. The van der Waals surface area contributed by atoms with Crippen LogP contribution in [0.1, 0.15) is 12.8 Å². The number of amides is 2. The Bertz CT molecular complexity index is 1070. The van der Waals surface area contributed by atoms with Gasteiger partial charge in [0.1, 0.15) is 5.75 Å². The number of primary amides is 1. The van der Waals surface area contributed by atoms with Crippen molar-refractivity contribution in [1.82, 2.24) is 4.90 Å². The number of nitrogens with two attached hydrogens (primary N) is 1. The molecule has 1 saturated heterocycles. The van der Waals surface area contributed by atoms with Crippen LogP contribution in [0.25, 0.3) is 0 Å². The van der Waals surface area contributed by atoms with E-state index in [-0.39, 0.29) is 40.0 Å². The summed E-state index contributed by atoms with van der Waals surface area (Å²) in [6, 6.07) is 10.2. The number of piperidine rings is 1. The van der Waals surface area contributed by atoms with E-state index in [1.807, 2.05) is 0 Å². The molecular weight excluding hydrogens is 465 g/mol. The van der Waals surface area contributed by atoms with Crippen molar-refractivity contribution in [2.75, 3.05) is 24.4 Å². The lowest BCUT2D eigenvalue weighted by atomic mass is 9.96. The average molecular weight is 486 g/mol. The molecule has 166 valence electrons. The first-order valence-corrected chi connectivity index (χ1v) is 11.7. The highest BCUT2D eigenvalue weighted by Gasteiger charge is 2.26. The van der Waals surface area contributed by atoms with Crippen LogP contribution in [0.2, 0.25) is 10.0 Å². The van der Waals surface area contributed by atoms with Gasteiger partial charge in [-0.1, -0.05) is 23.2 Å². The van der Waals surface area contributed by atoms with Gasteiger partial charge in [0.15, 0.2) is 6.61 Å². The maximum Gasteiger partial charge on any atom is 0.261 e.